The quantitative estimate of drug-likeness (QED) is 0.641. The molecule has 2 amide bonds. The van der Waals surface area contributed by atoms with E-state index in [-0.39, 0.29) is 17.2 Å². The minimum Gasteiger partial charge on any atom is -0.271 e. The van der Waals surface area contributed by atoms with E-state index in [4.69, 9.17) is 0 Å². The number of carbonyl (C=O) groups is 2. The number of aryl methyl sites for hydroxylation is 2. The van der Waals surface area contributed by atoms with E-state index in [1.165, 1.54) is 16.8 Å². The van der Waals surface area contributed by atoms with Crippen LogP contribution in [-0.4, -0.2) is 27.1 Å². The van der Waals surface area contributed by atoms with E-state index in [1.807, 2.05) is 62.4 Å². The fourth-order valence-electron chi connectivity index (χ4n) is 3.31. The number of benzene rings is 2. The average Bonchev–Trinajstić information content (AvgIpc) is 3.09. The zero-order chi connectivity index (χ0) is 21.8. The van der Waals surface area contributed by atoms with Gasteiger partial charge in [-0.2, -0.15) is 0 Å². The van der Waals surface area contributed by atoms with Crippen LogP contribution in [0.25, 0.3) is 0 Å². The van der Waals surface area contributed by atoms with E-state index in [2.05, 4.69) is 22.3 Å². The van der Waals surface area contributed by atoms with Crippen LogP contribution in [0.15, 0.2) is 73.1 Å². The summed E-state index contributed by atoms with van der Waals surface area (Å²) < 4.78 is 0. The van der Waals surface area contributed by atoms with E-state index in [0.717, 1.165) is 22.3 Å². The molecule has 1 saturated heterocycles. The van der Waals surface area contributed by atoms with Crippen LogP contribution < -0.4 is 5.43 Å². The van der Waals surface area contributed by atoms with Crippen molar-refractivity contribution in [1.29, 1.82) is 0 Å². The van der Waals surface area contributed by atoms with Crippen LogP contribution in [-0.2, 0) is 4.79 Å². The minimum absolute atomic E-state index is 0.234. The third-order valence-corrected chi connectivity index (χ3v) is 6.38. The highest BCUT2D eigenvalue weighted by molar-refractivity contribution is 8.01. The maximum Gasteiger partial charge on any atom is 0.270 e. The molecule has 2 heterocycles. The summed E-state index contributed by atoms with van der Waals surface area (Å²) in [5, 5.41) is 0.463. The van der Waals surface area contributed by atoms with Crippen molar-refractivity contribution >= 4 is 23.6 Å². The smallest absolute Gasteiger partial charge is 0.270 e. The van der Waals surface area contributed by atoms with Crippen molar-refractivity contribution in [2.45, 2.75) is 24.5 Å². The van der Waals surface area contributed by atoms with Crippen LogP contribution in [0.2, 0.25) is 0 Å². The molecule has 1 N–H and O–H groups in total. The number of hydrazine groups is 1. The van der Waals surface area contributed by atoms with Crippen LogP contribution in [0.3, 0.4) is 0 Å². The summed E-state index contributed by atoms with van der Waals surface area (Å²) in [4.78, 5) is 29.9. The molecule has 6 heteroatoms. The van der Waals surface area contributed by atoms with Gasteiger partial charge in [0.2, 0.25) is 0 Å². The molecule has 1 aliphatic rings. The lowest BCUT2D eigenvalue weighted by molar-refractivity contribution is -0.131. The number of pyridine rings is 1. The Morgan fingerprint density at radius 3 is 2.39 bits per heavy atom. The molecule has 2 atom stereocenters. The molecule has 31 heavy (non-hydrogen) atoms. The molecule has 4 rings (SSSR count). The molecule has 1 fully saturated rings. The normalized spacial score (nSPS) is 17.7. The van der Waals surface area contributed by atoms with Gasteiger partial charge in [0, 0.05) is 23.5 Å². The molecule has 154 valence electrons. The maximum absolute atomic E-state index is 13.2. The van der Waals surface area contributed by atoms with Crippen molar-refractivity contribution in [1.82, 2.24) is 15.4 Å². The van der Waals surface area contributed by atoms with E-state index in [1.54, 1.807) is 24.5 Å². The Hall–Kier alpha value is -3.56. The van der Waals surface area contributed by atoms with Gasteiger partial charge in [-0.05, 0) is 48.7 Å². The monoisotopic (exact) mass is 427 g/mol. The molecule has 1 aliphatic heterocycles. The minimum atomic E-state index is -0.582. The van der Waals surface area contributed by atoms with Gasteiger partial charge in [0.05, 0.1) is 0 Å². The molecular weight excluding hydrogens is 406 g/mol. The summed E-state index contributed by atoms with van der Waals surface area (Å²) in [7, 11) is 0. The largest absolute Gasteiger partial charge is 0.271 e. The summed E-state index contributed by atoms with van der Waals surface area (Å²) in [6.07, 6.45) is 3.09. The van der Waals surface area contributed by atoms with E-state index in [9.17, 15) is 9.59 Å². The standard InChI is InChI=1S/C25H21N3O2S/c1-17-7-3-5-9-19(17)11-12-22-24(30)28(27-23(29)20-13-15-26-16-14-20)25(31-22)21-10-6-4-8-18(21)2/h3-10,13-16,22,25H,1-2H3,(H,27,29). The number of nitrogens with one attached hydrogen (secondary N) is 1. The Labute approximate surface area is 185 Å². The molecule has 0 aliphatic carbocycles. The lowest BCUT2D eigenvalue weighted by Crippen LogP contribution is -2.45. The summed E-state index contributed by atoms with van der Waals surface area (Å²) >= 11 is 1.43. The first kappa shape index (κ1) is 20.7. The van der Waals surface area contributed by atoms with Crippen molar-refractivity contribution in [3.05, 3.63) is 101 Å². The second-order valence-electron chi connectivity index (χ2n) is 7.19. The Morgan fingerprint density at radius 2 is 1.68 bits per heavy atom. The van der Waals surface area contributed by atoms with Crippen molar-refractivity contribution in [3.8, 4) is 11.8 Å². The summed E-state index contributed by atoms with van der Waals surface area (Å²) in [6, 6.07) is 18.9. The van der Waals surface area contributed by atoms with Crippen LogP contribution in [0.1, 0.15) is 38.0 Å². The summed E-state index contributed by atoms with van der Waals surface area (Å²) in [5.41, 5.74) is 7.19. The van der Waals surface area contributed by atoms with Crippen molar-refractivity contribution in [3.63, 3.8) is 0 Å². The molecule has 0 saturated carbocycles. The van der Waals surface area contributed by atoms with Gasteiger partial charge in [0.1, 0.15) is 10.6 Å². The Morgan fingerprint density at radius 1 is 1.00 bits per heavy atom. The molecule has 0 bridgehead atoms. The van der Waals surface area contributed by atoms with Crippen molar-refractivity contribution in [2.24, 2.45) is 0 Å². The highest BCUT2D eigenvalue weighted by Crippen LogP contribution is 2.42. The molecule has 3 aromatic rings. The van der Waals surface area contributed by atoms with Gasteiger partial charge in [-0.25, -0.2) is 5.01 Å². The first-order valence-electron chi connectivity index (χ1n) is 9.87. The van der Waals surface area contributed by atoms with Gasteiger partial charge in [-0.3, -0.25) is 20.0 Å². The number of amides is 2. The predicted molar refractivity (Wildman–Crippen MR) is 122 cm³/mol. The molecule has 0 spiro atoms. The zero-order valence-electron chi connectivity index (χ0n) is 17.2. The molecule has 5 nitrogen and oxygen atoms in total. The summed E-state index contributed by atoms with van der Waals surface area (Å²) in [5.74, 6) is 5.66. The van der Waals surface area contributed by atoms with Crippen molar-refractivity contribution in [2.75, 3.05) is 0 Å². The third-order valence-electron chi connectivity index (χ3n) is 5.06. The topological polar surface area (TPSA) is 62.3 Å². The van der Waals surface area contributed by atoms with E-state index in [0.29, 0.717) is 5.56 Å². The average molecular weight is 428 g/mol. The van der Waals surface area contributed by atoms with E-state index >= 15 is 0 Å². The molecule has 1 aromatic heterocycles. The fraction of sp³-hybridized carbons (Fsp3) is 0.160. The fourth-order valence-corrected chi connectivity index (χ4v) is 4.61. The molecular formula is C25H21N3O2S. The van der Waals surface area contributed by atoms with Gasteiger partial charge < -0.3 is 0 Å². The van der Waals surface area contributed by atoms with Crippen LogP contribution in [0, 0.1) is 25.7 Å². The predicted octanol–water partition coefficient (Wildman–Crippen LogP) is 4.04. The Kier molecular flexibility index (Phi) is 6.06. The number of aromatic nitrogens is 1. The Balaban J connectivity index is 1.65. The SMILES string of the molecule is Cc1ccccc1C#CC1SC(c2ccccc2C)N(NC(=O)c2ccncc2)C1=O. The van der Waals surface area contributed by atoms with Gasteiger partial charge in [0.15, 0.2) is 0 Å². The van der Waals surface area contributed by atoms with Gasteiger partial charge >= 0.3 is 0 Å². The maximum atomic E-state index is 13.2. The van der Waals surface area contributed by atoms with Gasteiger partial charge in [0.25, 0.3) is 11.8 Å². The first-order valence-corrected chi connectivity index (χ1v) is 10.8. The lowest BCUT2D eigenvalue weighted by Gasteiger charge is -2.25. The lowest BCUT2D eigenvalue weighted by atomic mass is 10.1. The van der Waals surface area contributed by atoms with Crippen molar-refractivity contribution < 1.29 is 9.59 Å². The van der Waals surface area contributed by atoms with Crippen LogP contribution in [0.5, 0.6) is 0 Å². The van der Waals surface area contributed by atoms with Crippen LogP contribution >= 0.6 is 11.8 Å². The number of hydrogen-bond donors (Lipinski definition) is 1. The zero-order valence-corrected chi connectivity index (χ0v) is 18.0. The first-order chi connectivity index (χ1) is 15.0. The Bertz CT molecular complexity index is 1180. The summed E-state index contributed by atoms with van der Waals surface area (Å²) in [6.45, 7) is 3.99. The third kappa shape index (κ3) is 4.47. The number of carbonyl (C=O) groups excluding carboxylic acids is 2. The number of nitrogens with zero attached hydrogens (tertiary/aromatic N) is 2. The highest BCUT2D eigenvalue weighted by atomic mass is 32.2. The molecule has 2 unspecified atom stereocenters. The van der Waals surface area contributed by atoms with Gasteiger partial charge in [-0.15, -0.1) is 11.8 Å². The van der Waals surface area contributed by atoms with E-state index < -0.39 is 5.25 Å². The van der Waals surface area contributed by atoms with Crippen LogP contribution in [0.4, 0.5) is 0 Å². The second-order valence-corrected chi connectivity index (χ2v) is 8.38. The van der Waals surface area contributed by atoms with Gasteiger partial charge in [-0.1, -0.05) is 54.3 Å². The second kappa shape index (κ2) is 9.07. The molecule has 0 radical (unpaired) electrons. The number of hydrogen-bond acceptors (Lipinski definition) is 4. The number of thioether (sulfide) groups is 1. The number of rotatable bonds is 3. The molecule has 2 aromatic carbocycles. The highest BCUT2D eigenvalue weighted by Gasteiger charge is 2.42.